The van der Waals surface area contributed by atoms with E-state index in [1.807, 2.05) is 6.07 Å². The van der Waals surface area contributed by atoms with Crippen LogP contribution in [-0.2, 0) is 0 Å². The highest BCUT2D eigenvalue weighted by Gasteiger charge is 2.03. The lowest BCUT2D eigenvalue weighted by atomic mass is 10.2. The summed E-state index contributed by atoms with van der Waals surface area (Å²) in [6.07, 6.45) is 2.70. The van der Waals surface area contributed by atoms with Crippen molar-refractivity contribution in [1.29, 1.82) is 0 Å². The van der Waals surface area contributed by atoms with Gasteiger partial charge >= 0.3 is 0 Å². The Labute approximate surface area is 98.9 Å². The summed E-state index contributed by atoms with van der Waals surface area (Å²) >= 11 is 0. The molecule has 1 unspecified atom stereocenters. The minimum absolute atomic E-state index is 0.182. The van der Waals surface area contributed by atoms with E-state index in [4.69, 9.17) is 10.5 Å². The van der Waals surface area contributed by atoms with Crippen LogP contribution in [0.3, 0.4) is 0 Å². The highest BCUT2D eigenvalue weighted by atomic mass is 16.5. The second-order valence-corrected chi connectivity index (χ2v) is 3.62. The molecule has 2 aromatic rings. The minimum atomic E-state index is -0.398. The number of nitrogens with two attached hydrogens (primary N) is 1. The van der Waals surface area contributed by atoms with Gasteiger partial charge in [0.2, 0.25) is 0 Å². The van der Waals surface area contributed by atoms with Crippen LogP contribution in [0.25, 0.3) is 11.4 Å². The van der Waals surface area contributed by atoms with E-state index in [2.05, 4.69) is 9.97 Å². The van der Waals surface area contributed by atoms with Gasteiger partial charge in [-0.3, -0.25) is 5.73 Å². The van der Waals surface area contributed by atoms with E-state index in [9.17, 15) is 5.11 Å². The average molecular weight is 231 g/mol. The van der Waals surface area contributed by atoms with Gasteiger partial charge in [-0.05, 0) is 19.1 Å². The predicted molar refractivity (Wildman–Crippen MR) is 63.4 cm³/mol. The quantitative estimate of drug-likeness (QED) is 0.783. The summed E-state index contributed by atoms with van der Waals surface area (Å²) in [6, 6.07) is 6.75. The Morgan fingerprint density at radius 1 is 1.29 bits per heavy atom. The number of hydrogen-bond acceptors (Lipinski definition) is 5. The molecule has 1 aromatic heterocycles. The predicted octanol–water partition coefficient (Wildman–Crippen LogP) is 1.53. The topological polar surface area (TPSA) is 81.3 Å². The summed E-state index contributed by atoms with van der Waals surface area (Å²) in [5.41, 5.74) is 6.23. The maximum atomic E-state index is 9.35. The molecule has 0 saturated carbocycles. The van der Waals surface area contributed by atoms with Crippen molar-refractivity contribution in [3.05, 3.63) is 36.7 Å². The lowest BCUT2D eigenvalue weighted by Gasteiger charge is -2.08. The summed E-state index contributed by atoms with van der Waals surface area (Å²) in [5, 5.41) is 9.35. The molecule has 0 aliphatic heterocycles. The Bertz CT molecular complexity index is 497. The van der Waals surface area contributed by atoms with Crippen molar-refractivity contribution in [2.45, 2.75) is 13.2 Å². The largest absolute Gasteiger partial charge is 0.508 e. The number of hydrogen-bond donors (Lipinski definition) is 2. The van der Waals surface area contributed by atoms with Crippen molar-refractivity contribution >= 4 is 0 Å². The molecule has 3 N–H and O–H groups in total. The van der Waals surface area contributed by atoms with Gasteiger partial charge in [-0.2, -0.15) is 0 Å². The van der Waals surface area contributed by atoms with E-state index in [0.717, 1.165) is 5.56 Å². The highest BCUT2D eigenvalue weighted by Crippen LogP contribution is 2.20. The zero-order valence-electron chi connectivity index (χ0n) is 9.37. The normalized spacial score (nSPS) is 12.1. The number of aromatic nitrogens is 2. The molecule has 1 heterocycles. The first-order chi connectivity index (χ1) is 8.15. The smallest absolute Gasteiger partial charge is 0.159 e. The van der Waals surface area contributed by atoms with Crippen LogP contribution in [0.4, 0.5) is 0 Å². The van der Waals surface area contributed by atoms with Gasteiger partial charge in [0, 0.05) is 5.56 Å². The molecule has 0 aliphatic carbocycles. The van der Waals surface area contributed by atoms with Crippen LogP contribution in [0.15, 0.2) is 36.7 Å². The van der Waals surface area contributed by atoms with Crippen molar-refractivity contribution in [2.75, 3.05) is 0 Å². The molecule has 0 radical (unpaired) electrons. The third-order valence-electron chi connectivity index (χ3n) is 2.05. The minimum Gasteiger partial charge on any atom is -0.508 e. The molecular weight excluding hydrogens is 218 g/mol. The monoisotopic (exact) mass is 231 g/mol. The summed E-state index contributed by atoms with van der Waals surface area (Å²) in [4.78, 5) is 8.28. The molecule has 17 heavy (non-hydrogen) atoms. The van der Waals surface area contributed by atoms with Crippen LogP contribution >= 0.6 is 0 Å². The molecule has 2 rings (SSSR count). The van der Waals surface area contributed by atoms with Gasteiger partial charge in [0.15, 0.2) is 11.6 Å². The second kappa shape index (κ2) is 4.80. The Morgan fingerprint density at radius 3 is 2.59 bits per heavy atom. The van der Waals surface area contributed by atoms with Gasteiger partial charge in [-0.1, -0.05) is 12.1 Å². The number of benzene rings is 1. The molecular formula is C12H13N3O2. The summed E-state index contributed by atoms with van der Waals surface area (Å²) in [5.74, 6) is 1.23. The molecule has 0 saturated heterocycles. The molecule has 5 nitrogen and oxygen atoms in total. The third-order valence-corrected chi connectivity index (χ3v) is 2.05. The molecule has 0 bridgehead atoms. The van der Waals surface area contributed by atoms with Crippen LogP contribution in [0, 0.1) is 0 Å². The SMILES string of the molecule is CC(N)Oc1cnc(-c2cccc(O)c2)nc1. The highest BCUT2D eigenvalue weighted by molar-refractivity contribution is 5.57. The number of nitrogens with zero attached hydrogens (tertiary/aromatic N) is 2. The van der Waals surface area contributed by atoms with Crippen LogP contribution in [0.1, 0.15) is 6.92 Å². The number of aromatic hydroxyl groups is 1. The fourth-order valence-corrected chi connectivity index (χ4v) is 1.39. The molecule has 5 heteroatoms. The average Bonchev–Trinajstić information content (AvgIpc) is 2.29. The fraction of sp³-hybridized carbons (Fsp3) is 0.167. The van der Waals surface area contributed by atoms with Crippen LogP contribution in [0.2, 0.25) is 0 Å². The van der Waals surface area contributed by atoms with Crippen molar-refractivity contribution in [3.8, 4) is 22.9 Å². The van der Waals surface area contributed by atoms with E-state index < -0.39 is 6.23 Å². The molecule has 1 atom stereocenters. The maximum Gasteiger partial charge on any atom is 0.159 e. The van der Waals surface area contributed by atoms with Crippen LogP contribution in [0.5, 0.6) is 11.5 Å². The number of rotatable bonds is 3. The summed E-state index contributed by atoms with van der Waals surface area (Å²) < 4.78 is 5.23. The molecule has 0 amide bonds. The van der Waals surface area contributed by atoms with E-state index in [1.54, 1.807) is 37.5 Å². The lowest BCUT2D eigenvalue weighted by molar-refractivity contribution is 0.228. The summed E-state index contributed by atoms with van der Waals surface area (Å²) in [6.45, 7) is 1.73. The molecule has 88 valence electrons. The zero-order valence-corrected chi connectivity index (χ0v) is 9.37. The second-order valence-electron chi connectivity index (χ2n) is 3.62. The first-order valence-corrected chi connectivity index (χ1v) is 5.19. The molecule has 0 fully saturated rings. The first kappa shape index (κ1) is 11.3. The molecule has 1 aromatic carbocycles. The first-order valence-electron chi connectivity index (χ1n) is 5.19. The molecule has 0 spiro atoms. The van der Waals surface area contributed by atoms with E-state index in [0.29, 0.717) is 11.6 Å². The number of phenols is 1. The van der Waals surface area contributed by atoms with Crippen molar-refractivity contribution in [2.24, 2.45) is 5.73 Å². The van der Waals surface area contributed by atoms with Gasteiger partial charge in [0.1, 0.15) is 12.0 Å². The van der Waals surface area contributed by atoms with Gasteiger partial charge in [-0.25, -0.2) is 9.97 Å². The van der Waals surface area contributed by atoms with Gasteiger partial charge in [0.25, 0.3) is 0 Å². The van der Waals surface area contributed by atoms with Crippen molar-refractivity contribution in [3.63, 3.8) is 0 Å². The van der Waals surface area contributed by atoms with Crippen LogP contribution in [-0.4, -0.2) is 21.3 Å². The Hall–Kier alpha value is -2.14. The Balaban J connectivity index is 2.23. The third kappa shape index (κ3) is 2.92. The van der Waals surface area contributed by atoms with Gasteiger partial charge in [0.05, 0.1) is 12.4 Å². The Morgan fingerprint density at radius 2 is 2.00 bits per heavy atom. The summed E-state index contributed by atoms with van der Waals surface area (Å²) in [7, 11) is 0. The number of ether oxygens (including phenoxy) is 1. The zero-order chi connectivity index (χ0) is 12.3. The van der Waals surface area contributed by atoms with Gasteiger partial charge in [-0.15, -0.1) is 0 Å². The fourth-order valence-electron chi connectivity index (χ4n) is 1.39. The van der Waals surface area contributed by atoms with E-state index >= 15 is 0 Å². The standard InChI is InChI=1S/C12H13N3O2/c1-8(13)17-11-6-14-12(15-7-11)9-3-2-4-10(16)5-9/h2-8,16H,13H2,1H3. The number of phenolic OH excluding ortho intramolecular Hbond substituents is 1. The maximum absolute atomic E-state index is 9.35. The van der Waals surface area contributed by atoms with Crippen molar-refractivity contribution < 1.29 is 9.84 Å². The Kier molecular flexibility index (Phi) is 3.20. The van der Waals surface area contributed by atoms with E-state index in [-0.39, 0.29) is 5.75 Å². The van der Waals surface area contributed by atoms with E-state index in [1.165, 1.54) is 0 Å². The van der Waals surface area contributed by atoms with Gasteiger partial charge < -0.3 is 9.84 Å². The lowest BCUT2D eigenvalue weighted by Crippen LogP contribution is -2.22. The van der Waals surface area contributed by atoms with Crippen molar-refractivity contribution in [1.82, 2.24) is 9.97 Å². The van der Waals surface area contributed by atoms with Crippen LogP contribution < -0.4 is 10.5 Å². The molecule has 0 aliphatic rings.